The van der Waals surface area contributed by atoms with E-state index in [1.54, 1.807) is 55.6 Å². The van der Waals surface area contributed by atoms with Crippen molar-refractivity contribution in [1.82, 2.24) is 4.90 Å². The summed E-state index contributed by atoms with van der Waals surface area (Å²) in [6.07, 6.45) is 0.542. The molecule has 1 saturated heterocycles. The van der Waals surface area contributed by atoms with Gasteiger partial charge in [-0.1, -0.05) is 30.3 Å². The second-order valence-electron chi connectivity index (χ2n) is 9.49. The summed E-state index contributed by atoms with van der Waals surface area (Å²) in [5.41, 5.74) is 3.37. The van der Waals surface area contributed by atoms with E-state index in [2.05, 4.69) is 10.1 Å². The number of carbonyl (C=O) groups is 3. The minimum atomic E-state index is -2.13. The molecule has 4 rings (SSSR count). The average Bonchev–Trinajstić information content (AvgIpc) is 3.34. The molecule has 0 spiro atoms. The Labute approximate surface area is 227 Å². The molecule has 8 nitrogen and oxygen atoms in total. The van der Waals surface area contributed by atoms with Gasteiger partial charge in [-0.15, -0.1) is 0 Å². The Morgan fingerprint density at radius 2 is 1.72 bits per heavy atom. The molecule has 0 aromatic heterocycles. The van der Waals surface area contributed by atoms with Crippen molar-refractivity contribution < 1.29 is 28.2 Å². The van der Waals surface area contributed by atoms with E-state index in [4.69, 9.17) is 4.74 Å². The zero-order valence-corrected chi connectivity index (χ0v) is 22.3. The van der Waals surface area contributed by atoms with Gasteiger partial charge in [-0.3, -0.25) is 9.69 Å². The molecule has 1 unspecified atom stereocenters. The summed E-state index contributed by atoms with van der Waals surface area (Å²) in [6.45, 7) is 2.23. The third-order valence-corrected chi connectivity index (χ3v) is 6.88. The number of urea groups is 1. The standard InChI is InChI=1S/C30H32FN3O5/c1-21-7-4-5-8-26(21)33(2)29(37)32-24-13-9-22(10-14-24)19-27(35)30(31)17-6-18-34(30)20-39-25-15-11-23(12-16-25)28(36)38-3/h4-5,7-16H,6,17-20H2,1-3H3,(H,32,37). The van der Waals surface area contributed by atoms with Crippen molar-refractivity contribution in [3.8, 4) is 5.75 Å². The molecule has 1 aliphatic heterocycles. The van der Waals surface area contributed by atoms with Gasteiger partial charge >= 0.3 is 12.0 Å². The number of para-hydroxylation sites is 1. The minimum absolute atomic E-state index is 0.0852. The lowest BCUT2D eigenvalue weighted by Gasteiger charge is -2.29. The molecule has 0 saturated carbocycles. The maximum Gasteiger partial charge on any atom is 0.337 e. The maximum absolute atomic E-state index is 15.9. The summed E-state index contributed by atoms with van der Waals surface area (Å²) in [4.78, 5) is 40.2. The molecule has 1 aliphatic rings. The lowest BCUT2D eigenvalue weighted by molar-refractivity contribution is -0.144. The van der Waals surface area contributed by atoms with Crippen LogP contribution in [0.5, 0.6) is 5.75 Å². The molecule has 0 bridgehead atoms. The number of ketones is 1. The highest BCUT2D eigenvalue weighted by atomic mass is 19.1. The van der Waals surface area contributed by atoms with Gasteiger partial charge in [0.05, 0.1) is 12.7 Å². The Bertz CT molecular complexity index is 1330. The number of nitrogens with zero attached hydrogens (tertiary/aromatic N) is 2. The predicted octanol–water partition coefficient (Wildman–Crippen LogP) is 5.36. The summed E-state index contributed by atoms with van der Waals surface area (Å²) in [7, 11) is 3.00. The van der Waals surface area contributed by atoms with Gasteiger partial charge < -0.3 is 14.8 Å². The number of likely N-dealkylation sites (tertiary alicyclic amines) is 1. The van der Waals surface area contributed by atoms with Crippen LogP contribution in [0, 0.1) is 6.92 Å². The zero-order chi connectivity index (χ0) is 28.0. The van der Waals surface area contributed by atoms with E-state index >= 15 is 4.39 Å². The highest BCUT2D eigenvalue weighted by Gasteiger charge is 2.47. The lowest BCUT2D eigenvalue weighted by atomic mass is 9.99. The molecule has 3 aromatic rings. The van der Waals surface area contributed by atoms with Crippen LogP contribution in [0.3, 0.4) is 0 Å². The van der Waals surface area contributed by atoms with Crippen molar-refractivity contribution in [3.05, 3.63) is 89.5 Å². The molecule has 1 fully saturated rings. The number of Topliss-reactive ketones (excluding diaryl/α,β-unsaturated/α-hetero) is 1. The number of rotatable bonds is 9. The zero-order valence-electron chi connectivity index (χ0n) is 22.3. The van der Waals surface area contributed by atoms with Gasteiger partial charge in [-0.25, -0.2) is 18.9 Å². The molecule has 39 heavy (non-hydrogen) atoms. The number of methoxy groups -OCH3 is 1. The fourth-order valence-electron chi connectivity index (χ4n) is 4.56. The van der Waals surface area contributed by atoms with Crippen LogP contribution in [-0.2, 0) is 16.0 Å². The highest BCUT2D eigenvalue weighted by molar-refractivity contribution is 6.01. The summed E-state index contributed by atoms with van der Waals surface area (Å²) in [6, 6.07) is 20.4. The molecule has 3 aromatic carbocycles. The van der Waals surface area contributed by atoms with Crippen LogP contribution in [-0.4, -0.2) is 55.9 Å². The Hall–Kier alpha value is -4.24. The van der Waals surface area contributed by atoms with Crippen molar-refractivity contribution >= 4 is 29.2 Å². The van der Waals surface area contributed by atoms with Crippen molar-refractivity contribution in [2.75, 3.05) is 37.6 Å². The summed E-state index contributed by atoms with van der Waals surface area (Å²) in [5, 5.41) is 2.84. The monoisotopic (exact) mass is 533 g/mol. The molecule has 1 atom stereocenters. The Balaban J connectivity index is 1.33. The van der Waals surface area contributed by atoms with Crippen LogP contribution in [0.15, 0.2) is 72.8 Å². The van der Waals surface area contributed by atoms with Gasteiger partial charge in [0.15, 0.2) is 5.78 Å². The number of amides is 2. The number of alkyl halides is 1. The summed E-state index contributed by atoms with van der Waals surface area (Å²) in [5.74, 6) is -2.68. The average molecular weight is 534 g/mol. The fraction of sp³-hybridized carbons (Fsp3) is 0.300. The Morgan fingerprint density at radius 1 is 1.03 bits per heavy atom. The van der Waals surface area contributed by atoms with Gasteiger partial charge in [0.25, 0.3) is 0 Å². The second kappa shape index (κ2) is 12.1. The Morgan fingerprint density at radius 3 is 2.38 bits per heavy atom. The van der Waals surface area contributed by atoms with Gasteiger partial charge in [0.1, 0.15) is 12.5 Å². The van der Waals surface area contributed by atoms with Gasteiger partial charge in [0.2, 0.25) is 5.79 Å². The van der Waals surface area contributed by atoms with Crippen LogP contribution in [0.25, 0.3) is 0 Å². The first kappa shape index (κ1) is 27.8. The van der Waals surface area contributed by atoms with E-state index in [-0.39, 0.29) is 25.6 Å². The molecule has 9 heteroatoms. The molecular formula is C30H32FN3O5. The predicted molar refractivity (Wildman–Crippen MR) is 147 cm³/mol. The maximum atomic E-state index is 15.9. The van der Waals surface area contributed by atoms with Gasteiger partial charge in [-0.2, -0.15) is 0 Å². The van der Waals surface area contributed by atoms with E-state index in [9.17, 15) is 14.4 Å². The molecule has 0 aliphatic carbocycles. The number of halogens is 1. The molecule has 0 radical (unpaired) electrons. The number of benzene rings is 3. The normalized spacial score (nSPS) is 16.9. The lowest BCUT2D eigenvalue weighted by Crippen LogP contribution is -2.49. The van der Waals surface area contributed by atoms with Crippen LogP contribution in [0.1, 0.15) is 34.3 Å². The quantitative estimate of drug-likeness (QED) is 0.294. The first-order valence-corrected chi connectivity index (χ1v) is 12.7. The van der Waals surface area contributed by atoms with E-state index in [1.165, 1.54) is 16.9 Å². The van der Waals surface area contributed by atoms with E-state index in [1.807, 2.05) is 31.2 Å². The third kappa shape index (κ3) is 6.43. The van der Waals surface area contributed by atoms with Crippen molar-refractivity contribution in [2.24, 2.45) is 0 Å². The first-order valence-electron chi connectivity index (χ1n) is 12.7. The smallest absolute Gasteiger partial charge is 0.337 e. The fourth-order valence-corrected chi connectivity index (χ4v) is 4.56. The van der Waals surface area contributed by atoms with Crippen molar-refractivity contribution in [2.45, 2.75) is 32.0 Å². The number of esters is 1. The van der Waals surface area contributed by atoms with E-state index < -0.39 is 17.5 Å². The molecule has 1 heterocycles. The largest absolute Gasteiger partial charge is 0.478 e. The molecule has 204 valence electrons. The first-order chi connectivity index (χ1) is 18.7. The number of carbonyl (C=O) groups excluding carboxylic acids is 3. The molecule has 2 amide bonds. The molecular weight excluding hydrogens is 501 g/mol. The molecule has 1 N–H and O–H groups in total. The Kier molecular flexibility index (Phi) is 8.61. The number of hydrogen-bond donors (Lipinski definition) is 1. The minimum Gasteiger partial charge on any atom is -0.478 e. The van der Waals surface area contributed by atoms with Crippen LogP contribution >= 0.6 is 0 Å². The number of anilines is 2. The SMILES string of the molecule is COC(=O)c1ccc(OCN2CCCC2(F)C(=O)Cc2ccc(NC(=O)N(C)c3ccccc3C)cc2)cc1. The number of nitrogens with one attached hydrogen (secondary N) is 1. The number of ether oxygens (including phenoxy) is 2. The van der Waals surface area contributed by atoms with Gasteiger partial charge in [0, 0.05) is 37.8 Å². The van der Waals surface area contributed by atoms with Crippen molar-refractivity contribution in [1.29, 1.82) is 0 Å². The van der Waals surface area contributed by atoms with Crippen molar-refractivity contribution in [3.63, 3.8) is 0 Å². The van der Waals surface area contributed by atoms with Gasteiger partial charge in [-0.05, 0) is 66.9 Å². The topological polar surface area (TPSA) is 88.2 Å². The van der Waals surface area contributed by atoms with Crippen LogP contribution in [0.2, 0.25) is 0 Å². The number of hydrogen-bond acceptors (Lipinski definition) is 6. The van der Waals surface area contributed by atoms with Crippen LogP contribution < -0.4 is 15.0 Å². The van der Waals surface area contributed by atoms with Crippen LogP contribution in [0.4, 0.5) is 20.6 Å². The highest BCUT2D eigenvalue weighted by Crippen LogP contribution is 2.33. The summed E-state index contributed by atoms with van der Waals surface area (Å²) >= 11 is 0. The third-order valence-electron chi connectivity index (χ3n) is 6.88. The van der Waals surface area contributed by atoms with E-state index in [0.29, 0.717) is 35.5 Å². The van der Waals surface area contributed by atoms with E-state index in [0.717, 1.165) is 11.3 Å². The summed E-state index contributed by atoms with van der Waals surface area (Å²) < 4.78 is 26.3. The number of aryl methyl sites for hydroxylation is 1. The second-order valence-corrected chi connectivity index (χ2v) is 9.49.